The molecule has 1 aliphatic heterocycles. The van der Waals surface area contributed by atoms with Gasteiger partial charge in [-0.05, 0) is 56.7 Å². The molecule has 0 saturated heterocycles. The first-order valence-electron chi connectivity index (χ1n) is 13.6. The number of allylic oxidation sites excluding steroid dienone is 1. The Kier molecular flexibility index (Phi) is 8.67. The summed E-state index contributed by atoms with van der Waals surface area (Å²) in [6.07, 6.45) is 1.59. The number of fused-ring (bicyclic) bond motifs is 1. The summed E-state index contributed by atoms with van der Waals surface area (Å²) in [5, 5.41) is 11.2. The first kappa shape index (κ1) is 30.3. The van der Waals surface area contributed by atoms with Gasteiger partial charge in [0.25, 0.3) is 11.2 Å². The van der Waals surface area contributed by atoms with Crippen molar-refractivity contribution < 1.29 is 33.1 Å². The van der Waals surface area contributed by atoms with Gasteiger partial charge in [-0.15, -0.1) is 0 Å². The fourth-order valence-electron chi connectivity index (χ4n) is 4.94. The summed E-state index contributed by atoms with van der Waals surface area (Å²) < 4.78 is 29.7. The van der Waals surface area contributed by atoms with Gasteiger partial charge >= 0.3 is 5.97 Å². The molecule has 44 heavy (non-hydrogen) atoms. The van der Waals surface area contributed by atoms with Crippen LogP contribution in [0.3, 0.4) is 0 Å². The molecule has 0 bridgehead atoms. The Hall–Kier alpha value is -5.17. The molecular weight excluding hydrogens is 590 g/mol. The molecule has 13 heteroatoms. The molecule has 2 aromatic heterocycles. The maximum Gasteiger partial charge on any atom is 0.338 e. The number of furan rings is 1. The molecule has 2 aromatic carbocycles. The molecule has 12 nitrogen and oxygen atoms in total. The normalized spacial score (nSPS) is 14.6. The third-order valence-corrected chi connectivity index (χ3v) is 7.86. The monoisotopic (exact) mass is 619 g/mol. The van der Waals surface area contributed by atoms with Crippen LogP contribution in [0, 0.1) is 10.1 Å². The Labute approximate surface area is 255 Å². The number of carbonyl (C=O) groups excluding carboxylic acids is 1. The number of benzene rings is 2. The minimum Gasteiger partial charge on any atom is -0.496 e. The number of rotatable bonds is 10. The molecule has 0 saturated carbocycles. The third-order valence-electron chi connectivity index (χ3n) is 6.88. The highest BCUT2D eigenvalue weighted by Crippen LogP contribution is 2.37. The second kappa shape index (κ2) is 12.6. The number of nitro groups is 1. The van der Waals surface area contributed by atoms with Gasteiger partial charge in [0.1, 0.15) is 17.3 Å². The topological polar surface area (TPSA) is 145 Å². The minimum absolute atomic E-state index is 0.115. The van der Waals surface area contributed by atoms with Crippen LogP contribution >= 0.6 is 11.3 Å². The van der Waals surface area contributed by atoms with Crippen molar-refractivity contribution in [3.8, 4) is 28.6 Å². The highest BCUT2D eigenvalue weighted by molar-refractivity contribution is 7.07. The lowest BCUT2D eigenvalue weighted by molar-refractivity contribution is -0.384. The maximum absolute atomic E-state index is 14.0. The summed E-state index contributed by atoms with van der Waals surface area (Å²) in [5.74, 6) is 1.45. The van der Waals surface area contributed by atoms with Crippen molar-refractivity contribution in [3.63, 3.8) is 0 Å². The molecule has 0 spiro atoms. The van der Waals surface area contributed by atoms with E-state index in [0.29, 0.717) is 55.8 Å². The van der Waals surface area contributed by atoms with Crippen molar-refractivity contribution in [2.45, 2.75) is 26.8 Å². The number of esters is 1. The van der Waals surface area contributed by atoms with Gasteiger partial charge in [0.05, 0.1) is 65.8 Å². The van der Waals surface area contributed by atoms with Crippen molar-refractivity contribution in [3.05, 3.63) is 101 Å². The molecular formula is C31H29N3O9S. The van der Waals surface area contributed by atoms with E-state index in [2.05, 4.69) is 4.99 Å². The molecule has 0 radical (unpaired) electrons. The molecule has 0 fully saturated rings. The number of hydrogen-bond acceptors (Lipinski definition) is 11. The molecule has 4 aromatic rings. The molecule has 5 rings (SSSR count). The number of non-ortho nitro benzene ring substituents is 1. The van der Waals surface area contributed by atoms with Crippen LogP contribution in [-0.4, -0.2) is 42.9 Å². The SMILES string of the molecule is CCOC(=O)C1=C(C)N=c2s/c(=C\c3ccc(-c4ccc([N+](=O)[O-])cc4OC)o3)c(=O)n2[C@H]1c1ccc(OC)c(OCC)c1. The Morgan fingerprint density at radius 1 is 1.07 bits per heavy atom. The Morgan fingerprint density at radius 3 is 2.52 bits per heavy atom. The average Bonchev–Trinajstić information content (AvgIpc) is 3.60. The van der Waals surface area contributed by atoms with E-state index in [1.165, 1.54) is 30.9 Å². The van der Waals surface area contributed by atoms with Crippen LogP contribution in [0.25, 0.3) is 17.4 Å². The predicted molar refractivity (Wildman–Crippen MR) is 162 cm³/mol. The summed E-state index contributed by atoms with van der Waals surface area (Å²) in [5.41, 5.74) is 1.30. The van der Waals surface area contributed by atoms with E-state index in [4.69, 9.17) is 23.4 Å². The second-order valence-corrected chi connectivity index (χ2v) is 10.5. The summed E-state index contributed by atoms with van der Waals surface area (Å²) in [7, 11) is 2.95. The molecule has 1 aliphatic rings. The molecule has 0 N–H and O–H groups in total. The van der Waals surface area contributed by atoms with E-state index >= 15 is 0 Å². The molecule has 3 heterocycles. The van der Waals surface area contributed by atoms with Crippen molar-refractivity contribution >= 4 is 29.1 Å². The average molecular weight is 620 g/mol. The van der Waals surface area contributed by atoms with E-state index in [1.807, 2.05) is 6.92 Å². The lowest BCUT2D eigenvalue weighted by atomic mass is 9.95. The van der Waals surface area contributed by atoms with Crippen molar-refractivity contribution in [2.24, 2.45) is 4.99 Å². The van der Waals surface area contributed by atoms with E-state index in [-0.39, 0.29) is 29.2 Å². The number of carbonyl (C=O) groups is 1. The second-order valence-electron chi connectivity index (χ2n) is 9.49. The summed E-state index contributed by atoms with van der Waals surface area (Å²) in [6, 6.07) is 12.0. The summed E-state index contributed by atoms with van der Waals surface area (Å²) in [6.45, 7) is 5.81. The minimum atomic E-state index is -0.839. The Morgan fingerprint density at radius 2 is 1.84 bits per heavy atom. The van der Waals surface area contributed by atoms with Crippen molar-refractivity contribution in [2.75, 3.05) is 27.4 Å². The fraction of sp³-hybridized carbons (Fsp3) is 0.258. The van der Waals surface area contributed by atoms with Crippen LogP contribution in [0.4, 0.5) is 5.69 Å². The molecule has 228 valence electrons. The van der Waals surface area contributed by atoms with Crippen LogP contribution in [0.1, 0.15) is 38.1 Å². The van der Waals surface area contributed by atoms with Crippen LogP contribution < -0.4 is 29.1 Å². The van der Waals surface area contributed by atoms with Crippen LogP contribution in [0.5, 0.6) is 17.2 Å². The van der Waals surface area contributed by atoms with Crippen LogP contribution in [0.15, 0.2) is 74.0 Å². The maximum atomic E-state index is 14.0. The number of ether oxygens (including phenoxy) is 4. The zero-order valence-electron chi connectivity index (χ0n) is 24.6. The van der Waals surface area contributed by atoms with Gasteiger partial charge in [-0.3, -0.25) is 19.5 Å². The number of thiazole rings is 1. The van der Waals surface area contributed by atoms with Gasteiger partial charge in [-0.1, -0.05) is 17.4 Å². The van der Waals surface area contributed by atoms with E-state index in [9.17, 15) is 19.7 Å². The van der Waals surface area contributed by atoms with Gasteiger partial charge in [0.15, 0.2) is 16.3 Å². The number of methoxy groups -OCH3 is 2. The highest BCUT2D eigenvalue weighted by Gasteiger charge is 2.34. The number of nitro benzene ring substituents is 1. The first-order chi connectivity index (χ1) is 21.2. The number of hydrogen-bond donors (Lipinski definition) is 0. The zero-order valence-corrected chi connectivity index (χ0v) is 25.4. The largest absolute Gasteiger partial charge is 0.496 e. The van der Waals surface area contributed by atoms with E-state index in [0.717, 1.165) is 11.3 Å². The van der Waals surface area contributed by atoms with Crippen LogP contribution in [-0.2, 0) is 9.53 Å². The molecule has 0 unspecified atom stereocenters. The fourth-order valence-corrected chi connectivity index (χ4v) is 5.97. The molecule has 0 amide bonds. The van der Waals surface area contributed by atoms with Crippen molar-refractivity contribution in [1.29, 1.82) is 0 Å². The molecule has 0 aliphatic carbocycles. The number of aromatic nitrogens is 1. The van der Waals surface area contributed by atoms with E-state index < -0.39 is 16.9 Å². The Balaban J connectivity index is 1.63. The van der Waals surface area contributed by atoms with Gasteiger partial charge in [-0.2, -0.15) is 0 Å². The first-order valence-corrected chi connectivity index (χ1v) is 14.4. The standard InChI is InChI=1S/C31H29N3O9S/c1-6-41-25-14-18(8-12-23(25)39-4)28-27(30(36)42-7-2)17(3)32-31-33(28)29(35)26(44-31)16-20-10-13-22(43-20)21-11-9-19(34(37)38)15-24(21)40-5/h8-16,28H,6-7H2,1-5H3/b26-16-/t28-/m0/s1. The Bertz CT molecular complexity index is 1970. The van der Waals surface area contributed by atoms with Gasteiger partial charge in [0.2, 0.25) is 0 Å². The van der Waals surface area contributed by atoms with Gasteiger partial charge < -0.3 is 23.4 Å². The smallest absolute Gasteiger partial charge is 0.338 e. The van der Waals surface area contributed by atoms with Gasteiger partial charge in [-0.25, -0.2) is 9.79 Å². The summed E-state index contributed by atoms with van der Waals surface area (Å²) >= 11 is 1.15. The van der Waals surface area contributed by atoms with Crippen LogP contribution in [0.2, 0.25) is 0 Å². The number of nitrogens with zero attached hydrogens (tertiary/aromatic N) is 3. The lowest BCUT2D eigenvalue weighted by Crippen LogP contribution is -2.39. The highest BCUT2D eigenvalue weighted by atomic mass is 32.1. The summed E-state index contributed by atoms with van der Waals surface area (Å²) in [4.78, 5) is 42.9. The lowest BCUT2D eigenvalue weighted by Gasteiger charge is -2.25. The van der Waals surface area contributed by atoms with Gasteiger partial charge in [0, 0.05) is 12.1 Å². The molecule has 1 atom stereocenters. The third kappa shape index (κ3) is 5.61. The quantitative estimate of drug-likeness (QED) is 0.143. The predicted octanol–water partition coefficient (Wildman–Crippen LogP) is 4.38. The van der Waals surface area contributed by atoms with E-state index in [1.54, 1.807) is 56.3 Å². The van der Waals surface area contributed by atoms with Crippen molar-refractivity contribution in [1.82, 2.24) is 4.57 Å². The zero-order chi connectivity index (χ0) is 31.5.